The van der Waals surface area contributed by atoms with Gasteiger partial charge >= 0.3 is 0 Å². The van der Waals surface area contributed by atoms with Gasteiger partial charge in [0, 0.05) is 17.1 Å². The third-order valence-corrected chi connectivity index (χ3v) is 5.38. The monoisotopic (exact) mass is 338 g/mol. The number of benzene rings is 1. The molecule has 5 rings (SSSR count). The largest absolute Gasteiger partial charge is 0.356 e. The first kappa shape index (κ1) is 15.3. The van der Waals surface area contributed by atoms with Crippen molar-refractivity contribution in [2.45, 2.75) is 24.9 Å². The Morgan fingerprint density at radius 1 is 0.769 bits per heavy atom. The highest BCUT2D eigenvalue weighted by Gasteiger charge is 2.37. The van der Waals surface area contributed by atoms with Gasteiger partial charge in [-0.1, -0.05) is 60.8 Å². The van der Waals surface area contributed by atoms with Gasteiger partial charge in [0.05, 0.1) is 12.1 Å². The third-order valence-electron chi connectivity index (χ3n) is 5.38. The molecule has 1 N–H and O–H groups in total. The van der Waals surface area contributed by atoms with E-state index < -0.39 is 0 Å². The Morgan fingerprint density at radius 3 is 2.08 bits per heavy atom. The summed E-state index contributed by atoms with van der Waals surface area (Å²) in [6.07, 6.45) is 26.6. The summed E-state index contributed by atoms with van der Waals surface area (Å²) in [6, 6.07) is 9.45. The normalized spacial score (nSPS) is 25.4. The van der Waals surface area contributed by atoms with Crippen molar-refractivity contribution < 1.29 is 0 Å². The molecule has 0 radical (unpaired) electrons. The van der Waals surface area contributed by atoms with Crippen LogP contribution in [-0.4, -0.2) is 12.1 Å². The van der Waals surface area contributed by atoms with Crippen LogP contribution >= 0.6 is 0 Å². The van der Waals surface area contributed by atoms with E-state index >= 15 is 0 Å². The van der Waals surface area contributed by atoms with Crippen molar-refractivity contribution in [2.24, 2.45) is 0 Å². The van der Waals surface area contributed by atoms with Gasteiger partial charge < -0.3 is 10.2 Å². The SMILES string of the molecule is C1=CC2=C3C=CC=CC3N(c3ccc(NC4=CCCC=C4)cc3)C2C=C1. The number of hydrogen-bond acceptors (Lipinski definition) is 2. The maximum absolute atomic E-state index is 3.51. The zero-order valence-corrected chi connectivity index (χ0v) is 14.7. The maximum atomic E-state index is 3.51. The van der Waals surface area contributed by atoms with Crippen LogP contribution in [0, 0.1) is 0 Å². The second-order valence-corrected chi connectivity index (χ2v) is 7.01. The van der Waals surface area contributed by atoms with Gasteiger partial charge in [-0.25, -0.2) is 0 Å². The molecule has 0 amide bonds. The van der Waals surface area contributed by atoms with Crippen LogP contribution in [0.15, 0.2) is 108 Å². The summed E-state index contributed by atoms with van der Waals surface area (Å²) in [6.45, 7) is 0. The summed E-state index contributed by atoms with van der Waals surface area (Å²) < 4.78 is 0. The van der Waals surface area contributed by atoms with Gasteiger partial charge in [0.25, 0.3) is 0 Å². The minimum absolute atomic E-state index is 0.315. The smallest absolute Gasteiger partial charge is 0.0742 e. The molecule has 128 valence electrons. The Kier molecular flexibility index (Phi) is 3.75. The molecule has 2 unspecified atom stereocenters. The Bertz CT molecular complexity index is 881. The van der Waals surface area contributed by atoms with Gasteiger partial charge in [-0.3, -0.25) is 0 Å². The number of fused-ring (bicyclic) bond motifs is 2. The summed E-state index contributed by atoms with van der Waals surface area (Å²) in [4.78, 5) is 2.51. The minimum Gasteiger partial charge on any atom is -0.356 e. The first-order valence-electron chi connectivity index (χ1n) is 9.36. The summed E-state index contributed by atoms with van der Waals surface area (Å²) in [5.74, 6) is 0. The second kappa shape index (κ2) is 6.38. The van der Waals surface area contributed by atoms with Gasteiger partial charge in [0.2, 0.25) is 0 Å². The number of anilines is 2. The van der Waals surface area contributed by atoms with E-state index in [0.29, 0.717) is 12.1 Å². The molecule has 4 aliphatic rings. The molecule has 0 saturated carbocycles. The molecule has 1 aromatic rings. The van der Waals surface area contributed by atoms with E-state index in [1.54, 1.807) is 0 Å². The number of allylic oxidation sites excluding steroid dienone is 7. The molecule has 2 atom stereocenters. The van der Waals surface area contributed by atoms with Gasteiger partial charge in [0.15, 0.2) is 0 Å². The molecule has 3 aliphatic carbocycles. The van der Waals surface area contributed by atoms with E-state index in [0.717, 1.165) is 18.5 Å². The van der Waals surface area contributed by atoms with Crippen LogP contribution in [0.1, 0.15) is 12.8 Å². The lowest BCUT2D eigenvalue weighted by molar-refractivity contribution is 0.790. The lowest BCUT2D eigenvalue weighted by Crippen LogP contribution is -2.37. The molecule has 1 aromatic carbocycles. The average Bonchev–Trinajstić information content (AvgIpc) is 3.04. The number of rotatable bonds is 3. The van der Waals surface area contributed by atoms with Gasteiger partial charge in [-0.2, -0.15) is 0 Å². The van der Waals surface area contributed by atoms with E-state index in [4.69, 9.17) is 0 Å². The predicted octanol–water partition coefficient (Wildman–Crippen LogP) is 5.44. The molecule has 2 heteroatoms. The number of hydrogen-bond donors (Lipinski definition) is 1. The van der Waals surface area contributed by atoms with Gasteiger partial charge in [-0.05, 0) is 54.3 Å². The highest BCUT2D eigenvalue weighted by molar-refractivity contribution is 5.69. The highest BCUT2D eigenvalue weighted by Crippen LogP contribution is 2.40. The summed E-state index contributed by atoms with van der Waals surface area (Å²) in [5, 5.41) is 3.51. The Hall–Kier alpha value is -3.00. The molecule has 0 bridgehead atoms. The van der Waals surface area contributed by atoms with Crippen LogP contribution in [0.5, 0.6) is 0 Å². The van der Waals surface area contributed by atoms with Crippen molar-refractivity contribution >= 4 is 11.4 Å². The summed E-state index contributed by atoms with van der Waals surface area (Å²) >= 11 is 0. The van der Waals surface area contributed by atoms with Gasteiger partial charge in [0.1, 0.15) is 0 Å². The molecule has 1 heterocycles. The van der Waals surface area contributed by atoms with Crippen LogP contribution in [-0.2, 0) is 0 Å². The quantitative estimate of drug-likeness (QED) is 0.789. The molecule has 2 nitrogen and oxygen atoms in total. The topological polar surface area (TPSA) is 15.3 Å². The lowest BCUT2D eigenvalue weighted by Gasteiger charge is -2.32. The van der Waals surface area contributed by atoms with E-state index in [9.17, 15) is 0 Å². The lowest BCUT2D eigenvalue weighted by atomic mass is 9.96. The standard InChI is InChI=1S/C24H22N2/c1-2-8-18(9-3-1)25-19-14-16-20(17-15-19)26-23-12-6-4-10-21(23)22-11-5-7-13-24(22)26/h2,4-17,23-25H,1,3H2. The summed E-state index contributed by atoms with van der Waals surface area (Å²) in [5.41, 5.74) is 6.41. The first-order valence-corrected chi connectivity index (χ1v) is 9.36. The molecule has 0 saturated heterocycles. The second-order valence-electron chi connectivity index (χ2n) is 7.01. The molecule has 0 spiro atoms. The summed E-state index contributed by atoms with van der Waals surface area (Å²) in [7, 11) is 0. The fourth-order valence-electron chi connectivity index (χ4n) is 4.16. The Labute approximate surface area is 154 Å². The van der Waals surface area contributed by atoms with Crippen molar-refractivity contribution in [1.82, 2.24) is 0 Å². The minimum atomic E-state index is 0.315. The highest BCUT2D eigenvalue weighted by atomic mass is 15.2. The fourth-order valence-corrected chi connectivity index (χ4v) is 4.16. The average molecular weight is 338 g/mol. The van der Waals surface area contributed by atoms with Gasteiger partial charge in [-0.15, -0.1) is 0 Å². The van der Waals surface area contributed by atoms with Crippen molar-refractivity contribution in [3.05, 3.63) is 108 Å². The first-order chi connectivity index (χ1) is 12.9. The fraction of sp³-hybridized carbons (Fsp3) is 0.167. The Morgan fingerprint density at radius 2 is 1.46 bits per heavy atom. The maximum Gasteiger partial charge on any atom is 0.0742 e. The predicted molar refractivity (Wildman–Crippen MR) is 110 cm³/mol. The van der Waals surface area contributed by atoms with E-state index in [-0.39, 0.29) is 0 Å². The van der Waals surface area contributed by atoms with Crippen LogP contribution in [0.2, 0.25) is 0 Å². The molecule has 0 aromatic heterocycles. The molecule has 0 fully saturated rings. The van der Waals surface area contributed by atoms with Crippen LogP contribution in [0.25, 0.3) is 0 Å². The van der Waals surface area contributed by atoms with Crippen molar-refractivity contribution in [2.75, 3.05) is 10.2 Å². The Balaban J connectivity index is 1.43. The van der Waals surface area contributed by atoms with E-state index in [1.807, 2.05) is 0 Å². The molecular weight excluding hydrogens is 316 g/mol. The number of nitrogens with zero attached hydrogens (tertiary/aromatic N) is 1. The van der Waals surface area contributed by atoms with Crippen molar-refractivity contribution in [3.8, 4) is 0 Å². The van der Waals surface area contributed by atoms with E-state index in [1.165, 1.54) is 22.5 Å². The third kappa shape index (κ3) is 2.59. The van der Waals surface area contributed by atoms with Crippen molar-refractivity contribution in [3.63, 3.8) is 0 Å². The molecular formula is C24H22N2. The molecule has 1 aliphatic heterocycles. The zero-order valence-electron chi connectivity index (χ0n) is 14.7. The van der Waals surface area contributed by atoms with Crippen molar-refractivity contribution in [1.29, 1.82) is 0 Å². The van der Waals surface area contributed by atoms with E-state index in [2.05, 4.69) is 101 Å². The van der Waals surface area contributed by atoms with Crippen LogP contribution in [0.3, 0.4) is 0 Å². The van der Waals surface area contributed by atoms with Crippen LogP contribution < -0.4 is 10.2 Å². The number of nitrogens with one attached hydrogen (secondary N) is 1. The zero-order chi connectivity index (χ0) is 17.3. The molecule has 26 heavy (non-hydrogen) atoms. The van der Waals surface area contributed by atoms with Crippen LogP contribution in [0.4, 0.5) is 11.4 Å².